The summed E-state index contributed by atoms with van der Waals surface area (Å²) in [7, 11) is 0. The average Bonchev–Trinajstić information content (AvgIpc) is 2.50. The molecule has 2 aromatic rings. The summed E-state index contributed by atoms with van der Waals surface area (Å²) >= 11 is 1.59. The van der Waals surface area contributed by atoms with Gasteiger partial charge in [0.05, 0.1) is 4.88 Å². The molecular weight excluding hydrogens is 198 g/mol. The molecule has 0 aromatic carbocycles. The third-order valence-corrected chi connectivity index (χ3v) is 2.63. The first-order valence-electron chi connectivity index (χ1n) is 3.99. The molecule has 0 aliphatic carbocycles. The van der Waals surface area contributed by atoms with Gasteiger partial charge in [0.15, 0.2) is 5.82 Å². The molecule has 6 heteroatoms. The highest BCUT2D eigenvalue weighted by Crippen LogP contribution is 2.24. The number of nitrogens with two attached hydrogens (primary N) is 2. The SMILES string of the molecule is Cc1ccc(-c2nc(N)nc(N)n2)s1. The third-order valence-electron chi connectivity index (χ3n) is 1.63. The van der Waals surface area contributed by atoms with Gasteiger partial charge in [-0.2, -0.15) is 15.0 Å². The molecule has 0 atom stereocenters. The molecule has 2 rings (SSSR count). The largest absolute Gasteiger partial charge is 0.368 e. The van der Waals surface area contributed by atoms with E-state index in [4.69, 9.17) is 11.5 Å². The lowest BCUT2D eigenvalue weighted by Crippen LogP contribution is -2.03. The van der Waals surface area contributed by atoms with Gasteiger partial charge in [0, 0.05) is 4.88 Å². The van der Waals surface area contributed by atoms with E-state index in [9.17, 15) is 0 Å². The Labute approximate surface area is 84.8 Å². The minimum absolute atomic E-state index is 0.151. The van der Waals surface area contributed by atoms with Crippen molar-refractivity contribution in [2.24, 2.45) is 0 Å². The molecule has 0 aliphatic rings. The highest BCUT2D eigenvalue weighted by atomic mass is 32.1. The van der Waals surface area contributed by atoms with E-state index in [-0.39, 0.29) is 11.9 Å². The minimum atomic E-state index is 0.151. The maximum Gasteiger partial charge on any atom is 0.225 e. The van der Waals surface area contributed by atoms with Gasteiger partial charge in [-0.25, -0.2) is 0 Å². The summed E-state index contributed by atoms with van der Waals surface area (Å²) < 4.78 is 0. The van der Waals surface area contributed by atoms with Crippen LogP contribution in [-0.2, 0) is 0 Å². The van der Waals surface area contributed by atoms with Gasteiger partial charge in [-0.3, -0.25) is 0 Å². The van der Waals surface area contributed by atoms with E-state index in [1.165, 1.54) is 4.88 Å². The first-order valence-corrected chi connectivity index (χ1v) is 4.80. The Bertz CT molecular complexity index is 444. The predicted molar refractivity (Wildman–Crippen MR) is 56.7 cm³/mol. The minimum Gasteiger partial charge on any atom is -0.368 e. The van der Waals surface area contributed by atoms with E-state index in [0.717, 1.165) is 4.88 Å². The lowest BCUT2D eigenvalue weighted by molar-refractivity contribution is 1.09. The number of nitrogen functional groups attached to an aromatic ring is 2. The Balaban J connectivity index is 2.51. The number of rotatable bonds is 1. The third kappa shape index (κ3) is 1.64. The van der Waals surface area contributed by atoms with Crippen molar-refractivity contribution in [1.82, 2.24) is 15.0 Å². The summed E-state index contributed by atoms with van der Waals surface area (Å²) in [6.45, 7) is 2.02. The summed E-state index contributed by atoms with van der Waals surface area (Å²) in [5.41, 5.74) is 10.9. The zero-order valence-corrected chi connectivity index (χ0v) is 8.38. The second-order valence-corrected chi connectivity index (χ2v) is 4.07. The van der Waals surface area contributed by atoms with Gasteiger partial charge in [0.2, 0.25) is 11.9 Å². The molecule has 2 heterocycles. The van der Waals surface area contributed by atoms with Crippen LogP contribution in [0.3, 0.4) is 0 Å². The second-order valence-electron chi connectivity index (χ2n) is 2.79. The van der Waals surface area contributed by atoms with Gasteiger partial charge in [-0.1, -0.05) is 0 Å². The summed E-state index contributed by atoms with van der Waals surface area (Å²) in [6, 6.07) is 3.93. The van der Waals surface area contributed by atoms with Crippen molar-refractivity contribution >= 4 is 23.2 Å². The normalized spacial score (nSPS) is 10.4. The molecule has 0 fully saturated rings. The van der Waals surface area contributed by atoms with Crippen LogP contribution in [0.15, 0.2) is 12.1 Å². The van der Waals surface area contributed by atoms with Crippen molar-refractivity contribution in [2.75, 3.05) is 11.5 Å². The van der Waals surface area contributed by atoms with Crippen LogP contribution in [0.1, 0.15) is 4.88 Å². The van der Waals surface area contributed by atoms with E-state index in [2.05, 4.69) is 15.0 Å². The number of aryl methyl sites for hydroxylation is 1. The first kappa shape index (κ1) is 8.89. The van der Waals surface area contributed by atoms with Gasteiger partial charge in [-0.05, 0) is 19.1 Å². The number of anilines is 2. The molecule has 0 radical (unpaired) electrons. The maximum atomic E-state index is 5.47. The van der Waals surface area contributed by atoms with Crippen LogP contribution < -0.4 is 11.5 Å². The highest BCUT2D eigenvalue weighted by Gasteiger charge is 2.06. The van der Waals surface area contributed by atoms with Crippen LogP contribution in [0, 0.1) is 6.92 Å². The predicted octanol–water partition coefficient (Wildman–Crippen LogP) is 1.07. The molecule has 0 saturated heterocycles. The van der Waals surface area contributed by atoms with Crippen molar-refractivity contribution in [1.29, 1.82) is 0 Å². The van der Waals surface area contributed by atoms with Gasteiger partial charge < -0.3 is 11.5 Å². The number of thiophene rings is 1. The van der Waals surface area contributed by atoms with Crippen molar-refractivity contribution in [3.63, 3.8) is 0 Å². The second kappa shape index (κ2) is 3.22. The van der Waals surface area contributed by atoms with Crippen LogP contribution in [-0.4, -0.2) is 15.0 Å². The van der Waals surface area contributed by atoms with Crippen molar-refractivity contribution in [3.05, 3.63) is 17.0 Å². The Morgan fingerprint density at radius 3 is 2.21 bits per heavy atom. The maximum absolute atomic E-state index is 5.47. The van der Waals surface area contributed by atoms with E-state index in [1.807, 2.05) is 19.1 Å². The molecule has 72 valence electrons. The van der Waals surface area contributed by atoms with Crippen molar-refractivity contribution in [2.45, 2.75) is 6.92 Å². The zero-order valence-electron chi connectivity index (χ0n) is 7.56. The molecule has 2 aromatic heterocycles. The standard InChI is InChI=1S/C8H9N5S/c1-4-2-3-5(14-4)6-11-7(9)13-8(10)12-6/h2-3H,1H3,(H4,9,10,11,12,13). The Morgan fingerprint density at radius 2 is 1.71 bits per heavy atom. The summed E-state index contributed by atoms with van der Waals surface area (Å²) in [6.07, 6.45) is 0. The van der Waals surface area contributed by atoms with Gasteiger partial charge in [0.25, 0.3) is 0 Å². The Kier molecular flexibility index (Phi) is 2.05. The summed E-state index contributed by atoms with van der Waals surface area (Å²) in [4.78, 5) is 13.9. The molecule has 0 unspecified atom stereocenters. The van der Waals surface area contributed by atoms with Crippen LogP contribution >= 0.6 is 11.3 Å². The number of nitrogens with zero attached hydrogens (tertiary/aromatic N) is 3. The molecule has 0 saturated carbocycles. The number of aromatic nitrogens is 3. The van der Waals surface area contributed by atoms with Crippen molar-refractivity contribution < 1.29 is 0 Å². The van der Waals surface area contributed by atoms with E-state index in [0.29, 0.717) is 5.82 Å². The van der Waals surface area contributed by atoms with Gasteiger partial charge >= 0.3 is 0 Å². The molecule has 0 bridgehead atoms. The van der Waals surface area contributed by atoms with Gasteiger partial charge in [0.1, 0.15) is 0 Å². The zero-order chi connectivity index (χ0) is 10.1. The van der Waals surface area contributed by atoms with Crippen LogP contribution in [0.4, 0.5) is 11.9 Å². The number of hydrogen-bond donors (Lipinski definition) is 2. The average molecular weight is 207 g/mol. The topological polar surface area (TPSA) is 90.7 Å². The molecule has 4 N–H and O–H groups in total. The van der Waals surface area contributed by atoms with Crippen LogP contribution in [0.2, 0.25) is 0 Å². The smallest absolute Gasteiger partial charge is 0.225 e. The lowest BCUT2D eigenvalue weighted by Gasteiger charge is -1.98. The van der Waals surface area contributed by atoms with E-state index < -0.39 is 0 Å². The fourth-order valence-electron chi connectivity index (χ4n) is 1.07. The fourth-order valence-corrected chi connectivity index (χ4v) is 1.88. The van der Waals surface area contributed by atoms with E-state index >= 15 is 0 Å². The van der Waals surface area contributed by atoms with Crippen molar-refractivity contribution in [3.8, 4) is 10.7 Å². The van der Waals surface area contributed by atoms with Gasteiger partial charge in [-0.15, -0.1) is 11.3 Å². The molecule has 14 heavy (non-hydrogen) atoms. The summed E-state index contributed by atoms with van der Waals surface area (Å²) in [5, 5.41) is 0. The highest BCUT2D eigenvalue weighted by molar-refractivity contribution is 7.15. The molecule has 5 nitrogen and oxygen atoms in total. The quantitative estimate of drug-likeness (QED) is 0.730. The Morgan fingerprint density at radius 1 is 1.07 bits per heavy atom. The van der Waals surface area contributed by atoms with Crippen LogP contribution in [0.25, 0.3) is 10.7 Å². The van der Waals surface area contributed by atoms with Crippen LogP contribution in [0.5, 0.6) is 0 Å². The van der Waals surface area contributed by atoms with E-state index in [1.54, 1.807) is 11.3 Å². The fraction of sp³-hybridized carbons (Fsp3) is 0.125. The lowest BCUT2D eigenvalue weighted by atomic mass is 10.4. The molecule has 0 aliphatic heterocycles. The Hall–Kier alpha value is -1.69. The molecular formula is C8H9N5S. The summed E-state index contributed by atoms with van der Waals surface area (Å²) in [5.74, 6) is 0.838. The first-order chi connectivity index (χ1) is 6.65. The number of hydrogen-bond acceptors (Lipinski definition) is 6. The monoisotopic (exact) mass is 207 g/mol. The molecule has 0 amide bonds. The molecule has 0 spiro atoms.